The van der Waals surface area contributed by atoms with Gasteiger partial charge in [-0.1, -0.05) is 39.8 Å². The van der Waals surface area contributed by atoms with Gasteiger partial charge in [-0.15, -0.1) is 0 Å². The predicted octanol–water partition coefficient (Wildman–Crippen LogP) is 4.77. The summed E-state index contributed by atoms with van der Waals surface area (Å²) >= 11 is 0. The van der Waals surface area contributed by atoms with E-state index in [0.29, 0.717) is 18.9 Å². The number of nitrogens with one attached hydrogen (secondary N) is 2. The summed E-state index contributed by atoms with van der Waals surface area (Å²) in [5.74, 6) is 1.69. The molecule has 1 heterocycles. The highest BCUT2D eigenvalue weighted by Gasteiger charge is 2.34. The first-order valence-electron chi connectivity index (χ1n) is 10.9. The van der Waals surface area contributed by atoms with Crippen LogP contribution in [-0.2, 0) is 4.79 Å². The number of para-hydroxylation sites is 1. The van der Waals surface area contributed by atoms with Gasteiger partial charge in [0.15, 0.2) is 0 Å². The van der Waals surface area contributed by atoms with E-state index in [2.05, 4.69) is 19.2 Å². The molecule has 176 valence electrons. The number of hydrogen-bond donors (Lipinski definition) is 3. The zero-order chi connectivity index (χ0) is 24.2. The van der Waals surface area contributed by atoms with Gasteiger partial charge in [0, 0.05) is 30.1 Å². The van der Waals surface area contributed by atoms with Gasteiger partial charge in [-0.2, -0.15) is 4.98 Å². The Labute approximate surface area is 195 Å². The predicted molar refractivity (Wildman–Crippen MR) is 131 cm³/mol. The van der Waals surface area contributed by atoms with Crippen LogP contribution in [0.5, 0.6) is 5.75 Å². The second-order valence-electron chi connectivity index (χ2n) is 9.66. The summed E-state index contributed by atoms with van der Waals surface area (Å²) < 4.78 is 5.27. The largest absolute Gasteiger partial charge is 0.497 e. The zero-order valence-electron chi connectivity index (χ0n) is 20.1. The monoisotopic (exact) mass is 451 g/mol. The molecule has 1 amide bonds. The molecule has 0 saturated heterocycles. The molecule has 2 aromatic carbocycles. The number of amides is 1. The smallest absolute Gasteiger partial charge is 0.249 e. The fourth-order valence-electron chi connectivity index (χ4n) is 4.13. The average Bonchev–Trinajstić information content (AvgIpc) is 2.80. The standard InChI is InChI=1S/C25H33N5O3/c1-24(2,15-25(3,4)22(31)29-32)16-26-23-27-20-10-8-7-9-19(20)21(28-23)30(5)17-11-13-18(33-6)14-12-17/h7-14,32H,15-16H2,1-6H3,(H,29,31)(H,26,27,28). The second kappa shape index (κ2) is 9.62. The highest BCUT2D eigenvalue weighted by Crippen LogP contribution is 2.35. The average molecular weight is 452 g/mol. The minimum absolute atomic E-state index is 0.257. The molecule has 33 heavy (non-hydrogen) atoms. The Morgan fingerprint density at radius 2 is 1.73 bits per heavy atom. The van der Waals surface area contributed by atoms with E-state index in [9.17, 15) is 4.79 Å². The number of anilines is 3. The van der Waals surface area contributed by atoms with Gasteiger partial charge >= 0.3 is 0 Å². The van der Waals surface area contributed by atoms with Crippen molar-refractivity contribution in [2.24, 2.45) is 10.8 Å². The van der Waals surface area contributed by atoms with E-state index in [1.54, 1.807) is 12.6 Å². The van der Waals surface area contributed by atoms with Gasteiger partial charge in [0.2, 0.25) is 11.9 Å². The molecule has 0 radical (unpaired) electrons. The van der Waals surface area contributed by atoms with Crippen LogP contribution in [0.2, 0.25) is 0 Å². The molecule has 0 fully saturated rings. The van der Waals surface area contributed by atoms with Crippen LogP contribution in [0.15, 0.2) is 48.5 Å². The number of hydroxylamine groups is 1. The van der Waals surface area contributed by atoms with Crippen molar-refractivity contribution in [2.45, 2.75) is 34.1 Å². The Kier molecular flexibility index (Phi) is 7.07. The van der Waals surface area contributed by atoms with Gasteiger partial charge in [0.05, 0.1) is 12.6 Å². The zero-order valence-corrected chi connectivity index (χ0v) is 20.1. The molecule has 0 aliphatic carbocycles. The molecule has 0 aliphatic heterocycles. The minimum Gasteiger partial charge on any atom is -0.497 e. The molecule has 1 aromatic heterocycles. The van der Waals surface area contributed by atoms with Gasteiger partial charge in [-0.3, -0.25) is 10.0 Å². The highest BCUT2D eigenvalue weighted by atomic mass is 16.5. The Bertz CT molecular complexity index is 1110. The maximum atomic E-state index is 12.0. The van der Waals surface area contributed by atoms with Crippen molar-refractivity contribution in [1.29, 1.82) is 0 Å². The summed E-state index contributed by atoms with van der Waals surface area (Å²) in [4.78, 5) is 23.6. The Morgan fingerprint density at radius 1 is 1.06 bits per heavy atom. The number of benzene rings is 2. The molecule has 0 bridgehead atoms. The highest BCUT2D eigenvalue weighted by molar-refractivity contribution is 5.92. The fraction of sp³-hybridized carbons (Fsp3) is 0.400. The van der Waals surface area contributed by atoms with Crippen LogP contribution in [-0.4, -0.2) is 41.8 Å². The normalized spacial score (nSPS) is 11.8. The van der Waals surface area contributed by atoms with Crippen LogP contribution in [0.4, 0.5) is 17.5 Å². The van der Waals surface area contributed by atoms with E-state index in [4.69, 9.17) is 19.9 Å². The molecule has 3 rings (SSSR count). The molecule has 8 heteroatoms. The summed E-state index contributed by atoms with van der Waals surface area (Å²) in [7, 11) is 3.62. The van der Waals surface area contributed by atoms with E-state index in [1.165, 1.54) is 0 Å². The Morgan fingerprint density at radius 3 is 2.36 bits per heavy atom. The lowest BCUT2D eigenvalue weighted by Gasteiger charge is -2.33. The topological polar surface area (TPSA) is 99.6 Å². The maximum Gasteiger partial charge on any atom is 0.249 e. The summed E-state index contributed by atoms with van der Waals surface area (Å²) in [5.41, 5.74) is 2.60. The molecular weight excluding hydrogens is 418 g/mol. The number of carbonyl (C=O) groups excluding carboxylic acids is 1. The number of hydrogen-bond acceptors (Lipinski definition) is 7. The third-order valence-electron chi connectivity index (χ3n) is 5.72. The third kappa shape index (κ3) is 5.70. The number of carbonyl (C=O) groups is 1. The van der Waals surface area contributed by atoms with Crippen LogP contribution in [0.25, 0.3) is 10.9 Å². The minimum atomic E-state index is -0.718. The number of nitrogens with zero attached hydrogens (tertiary/aromatic N) is 3. The van der Waals surface area contributed by atoms with Crippen LogP contribution < -0.4 is 20.4 Å². The van der Waals surface area contributed by atoms with Gasteiger partial charge in [0.1, 0.15) is 11.6 Å². The second-order valence-corrected chi connectivity index (χ2v) is 9.66. The first kappa shape index (κ1) is 24.3. The SMILES string of the molecule is COc1ccc(N(C)c2nc(NCC(C)(C)CC(C)(C)C(=O)NO)nc3ccccc23)cc1. The number of methoxy groups -OCH3 is 1. The molecule has 3 N–H and O–H groups in total. The summed E-state index contributed by atoms with van der Waals surface area (Å²) in [6.07, 6.45) is 0.561. The van der Waals surface area contributed by atoms with Gasteiger partial charge in [-0.05, 0) is 48.2 Å². The Hall–Kier alpha value is -3.39. The van der Waals surface area contributed by atoms with Crippen molar-refractivity contribution in [2.75, 3.05) is 30.9 Å². The van der Waals surface area contributed by atoms with Crippen LogP contribution in [0.1, 0.15) is 34.1 Å². The third-order valence-corrected chi connectivity index (χ3v) is 5.72. The molecule has 0 saturated carbocycles. The lowest BCUT2D eigenvalue weighted by molar-refractivity contribution is -0.139. The van der Waals surface area contributed by atoms with Crippen molar-refractivity contribution in [1.82, 2.24) is 15.4 Å². The molecule has 8 nitrogen and oxygen atoms in total. The number of fused-ring (bicyclic) bond motifs is 1. The van der Waals surface area contributed by atoms with Crippen molar-refractivity contribution >= 4 is 34.3 Å². The first-order chi connectivity index (χ1) is 15.6. The van der Waals surface area contributed by atoms with Crippen molar-refractivity contribution in [3.05, 3.63) is 48.5 Å². The van der Waals surface area contributed by atoms with E-state index in [1.807, 2.05) is 74.3 Å². The molecule has 0 atom stereocenters. The lowest BCUT2D eigenvalue weighted by atomic mass is 9.74. The first-order valence-corrected chi connectivity index (χ1v) is 10.9. The molecule has 0 unspecified atom stereocenters. The van der Waals surface area contributed by atoms with Gasteiger partial charge < -0.3 is 15.0 Å². The lowest BCUT2D eigenvalue weighted by Crippen LogP contribution is -2.40. The molecular formula is C25H33N5O3. The van der Waals surface area contributed by atoms with Crippen LogP contribution in [0, 0.1) is 10.8 Å². The fourth-order valence-corrected chi connectivity index (χ4v) is 4.13. The van der Waals surface area contributed by atoms with Crippen molar-refractivity contribution in [3.8, 4) is 5.75 Å². The number of ether oxygens (including phenoxy) is 1. The van der Waals surface area contributed by atoms with Crippen molar-refractivity contribution in [3.63, 3.8) is 0 Å². The summed E-state index contributed by atoms with van der Waals surface area (Å²) in [5, 5.41) is 13.3. The number of rotatable bonds is 9. The van der Waals surface area contributed by atoms with Crippen LogP contribution >= 0.6 is 0 Å². The Balaban J connectivity index is 1.88. The molecule has 0 spiro atoms. The maximum absolute atomic E-state index is 12.0. The van der Waals surface area contributed by atoms with Crippen LogP contribution in [0.3, 0.4) is 0 Å². The quantitative estimate of drug-likeness (QED) is 0.318. The van der Waals surface area contributed by atoms with E-state index in [0.717, 1.165) is 28.2 Å². The van der Waals surface area contributed by atoms with E-state index < -0.39 is 11.3 Å². The molecule has 3 aromatic rings. The van der Waals surface area contributed by atoms with Crippen molar-refractivity contribution < 1.29 is 14.7 Å². The summed E-state index contributed by atoms with van der Waals surface area (Å²) in [6.45, 7) is 8.32. The van der Waals surface area contributed by atoms with E-state index >= 15 is 0 Å². The summed E-state index contributed by atoms with van der Waals surface area (Å²) in [6, 6.07) is 15.7. The van der Waals surface area contributed by atoms with E-state index in [-0.39, 0.29) is 5.41 Å². The molecule has 0 aliphatic rings. The number of aromatic nitrogens is 2. The van der Waals surface area contributed by atoms with Gasteiger partial charge in [-0.25, -0.2) is 10.5 Å². The van der Waals surface area contributed by atoms with Gasteiger partial charge in [0.25, 0.3) is 0 Å².